The number of benzene rings is 2. The van der Waals surface area contributed by atoms with E-state index in [0.717, 1.165) is 31.4 Å². The van der Waals surface area contributed by atoms with Crippen molar-refractivity contribution in [1.29, 1.82) is 0 Å². The molecule has 230 valence electrons. The number of para-hydroxylation sites is 1. The number of rotatable bonds is 7. The number of alkyl halides is 6. The van der Waals surface area contributed by atoms with Gasteiger partial charge in [0.1, 0.15) is 29.6 Å². The number of hydrogen-bond donors (Lipinski definition) is 2. The molecule has 10 nitrogen and oxygen atoms in total. The summed E-state index contributed by atoms with van der Waals surface area (Å²) in [4.78, 5) is 28.3. The Kier molecular flexibility index (Phi) is 7.88. The van der Waals surface area contributed by atoms with E-state index < -0.39 is 65.3 Å². The Bertz CT molecular complexity index is 1770. The Morgan fingerprint density at radius 3 is 2.43 bits per heavy atom. The second-order valence-electron chi connectivity index (χ2n) is 9.37. The highest BCUT2D eigenvalue weighted by Gasteiger charge is 2.38. The van der Waals surface area contributed by atoms with Crippen molar-refractivity contribution in [2.75, 3.05) is 7.11 Å². The molecule has 2 amide bonds. The van der Waals surface area contributed by atoms with Crippen LogP contribution in [-0.4, -0.2) is 39.1 Å². The Labute approximate surface area is 242 Å². The number of fused-ring (bicyclic) bond motifs is 1. The van der Waals surface area contributed by atoms with Crippen molar-refractivity contribution in [1.82, 2.24) is 30.6 Å². The number of carbonyl (C=O) groups is 2. The number of ether oxygens (including phenoxy) is 2. The maximum absolute atomic E-state index is 13.5. The Hall–Kier alpha value is -5.22. The lowest BCUT2D eigenvalue weighted by Crippen LogP contribution is -2.46. The molecule has 17 heteroatoms. The molecule has 1 atom stereocenters. The Balaban J connectivity index is 1.43. The van der Waals surface area contributed by atoms with E-state index in [2.05, 4.69) is 25.9 Å². The van der Waals surface area contributed by atoms with Gasteiger partial charge in [0.2, 0.25) is 0 Å². The number of hydrogen-bond acceptors (Lipinski definition) is 7. The number of aromatic nitrogens is 4. The highest BCUT2D eigenvalue weighted by atomic mass is 19.4. The van der Waals surface area contributed by atoms with Crippen LogP contribution in [0.25, 0.3) is 10.9 Å². The fraction of sp³-hybridized carbons (Fsp3) is 0.222. The second kappa shape index (κ2) is 11.5. The molecule has 2 aromatic carbocycles. The molecule has 0 aliphatic carbocycles. The monoisotopic (exact) mass is 624 g/mol. The smallest absolute Gasteiger partial charge is 0.433 e. The van der Waals surface area contributed by atoms with Crippen molar-refractivity contribution in [3.05, 3.63) is 94.3 Å². The Morgan fingerprint density at radius 1 is 1.05 bits per heavy atom. The summed E-state index contributed by atoms with van der Waals surface area (Å²) in [6, 6.07) is 6.61. The van der Waals surface area contributed by atoms with Gasteiger partial charge < -0.3 is 20.1 Å². The van der Waals surface area contributed by atoms with E-state index in [-0.39, 0.29) is 28.9 Å². The first kappa shape index (κ1) is 30.2. The SMILES string of the molecule is COC(=O)C1=C(Cn2cc(COc3cc(C(F)(F)F)nc4c(C(F)(F)F)cccc34)nn2)NC(=O)NC1c1ccc(F)cc1. The van der Waals surface area contributed by atoms with Crippen LogP contribution in [0.3, 0.4) is 0 Å². The van der Waals surface area contributed by atoms with Crippen LogP contribution in [0.1, 0.15) is 28.6 Å². The van der Waals surface area contributed by atoms with E-state index in [1.165, 1.54) is 23.0 Å². The molecular weight excluding hydrogens is 605 g/mol. The van der Waals surface area contributed by atoms with E-state index in [4.69, 9.17) is 9.47 Å². The minimum Gasteiger partial charge on any atom is -0.486 e. The third-order valence-corrected chi connectivity index (χ3v) is 6.44. The molecule has 0 spiro atoms. The van der Waals surface area contributed by atoms with E-state index in [9.17, 15) is 40.3 Å². The van der Waals surface area contributed by atoms with Gasteiger partial charge in [0.15, 0.2) is 0 Å². The number of carbonyl (C=O) groups excluding carboxylic acids is 2. The van der Waals surface area contributed by atoms with Crippen LogP contribution in [0.4, 0.5) is 35.5 Å². The van der Waals surface area contributed by atoms with Crippen molar-refractivity contribution >= 4 is 22.9 Å². The van der Waals surface area contributed by atoms with Gasteiger partial charge in [-0.15, -0.1) is 5.10 Å². The number of methoxy groups -OCH3 is 1. The van der Waals surface area contributed by atoms with Gasteiger partial charge in [0, 0.05) is 11.5 Å². The van der Waals surface area contributed by atoms with Crippen LogP contribution >= 0.6 is 0 Å². The molecule has 5 rings (SSSR count). The summed E-state index contributed by atoms with van der Waals surface area (Å²) >= 11 is 0. The van der Waals surface area contributed by atoms with Crippen LogP contribution < -0.4 is 15.4 Å². The molecule has 0 fully saturated rings. The van der Waals surface area contributed by atoms with Crippen LogP contribution in [0.15, 0.2) is 66.0 Å². The quantitative estimate of drug-likeness (QED) is 0.218. The normalized spacial score (nSPS) is 15.6. The number of pyridine rings is 1. The fourth-order valence-electron chi connectivity index (χ4n) is 4.51. The van der Waals surface area contributed by atoms with Crippen LogP contribution in [-0.2, 0) is 35.0 Å². The number of allylic oxidation sites excluding steroid dienone is 1. The summed E-state index contributed by atoms with van der Waals surface area (Å²) in [5.74, 6) is -1.87. The molecule has 1 aliphatic heterocycles. The first-order valence-corrected chi connectivity index (χ1v) is 12.5. The number of urea groups is 1. The average molecular weight is 624 g/mol. The van der Waals surface area contributed by atoms with Crippen LogP contribution in [0, 0.1) is 5.82 Å². The van der Waals surface area contributed by atoms with Gasteiger partial charge in [-0.25, -0.2) is 23.6 Å². The summed E-state index contributed by atoms with van der Waals surface area (Å²) in [5, 5.41) is 12.5. The predicted octanol–water partition coefficient (Wildman–Crippen LogP) is 5.06. The average Bonchev–Trinajstić information content (AvgIpc) is 3.41. The lowest BCUT2D eigenvalue weighted by molar-refractivity contribution is -0.142. The lowest BCUT2D eigenvalue weighted by atomic mass is 9.95. The third kappa shape index (κ3) is 6.25. The zero-order valence-corrected chi connectivity index (χ0v) is 22.3. The van der Waals surface area contributed by atoms with Crippen molar-refractivity contribution < 1.29 is 49.8 Å². The van der Waals surface area contributed by atoms with Gasteiger partial charge in [-0.3, -0.25) is 0 Å². The van der Waals surface area contributed by atoms with E-state index in [1.54, 1.807) is 0 Å². The largest absolute Gasteiger partial charge is 0.486 e. The van der Waals surface area contributed by atoms with Crippen molar-refractivity contribution in [3.8, 4) is 5.75 Å². The Morgan fingerprint density at radius 2 is 1.77 bits per heavy atom. The topological polar surface area (TPSA) is 120 Å². The predicted molar refractivity (Wildman–Crippen MR) is 136 cm³/mol. The molecule has 1 aliphatic rings. The number of nitrogens with one attached hydrogen (secondary N) is 2. The van der Waals surface area contributed by atoms with E-state index >= 15 is 0 Å². The van der Waals surface area contributed by atoms with E-state index in [1.807, 2.05) is 0 Å². The molecule has 44 heavy (non-hydrogen) atoms. The van der Waals surface area contributed by atoms with Crippen molar-refractivity contribution in [3.63, 3.8) is 0 Å². The standard InChI is InChI=1S/C27H19F7N6O4/c1-43-24(41)21-18(35-25(42)37-22(21)13-5-7-14(28)8-6-13)11-40-10-15(38-39-40)12-44-19-9-20(27(32,33)34)36-23-16(19)3-2-4-17(23)26(29,30)31/h2-10,22H,11-12H2,1H3,(H2,35,37,42). The zero-order chi connectivity index (χ0) is 31.8. The molecular formula is C27H19F7N6O4. The van der Waals surface area contributed by atoms with Gasteiger partial charge in [0.05, 0.1) is 48.2 Å². The van der Waals surface area contributed by atoms with Gasteiger partial charge in [-0.05, 0) is 29.8 Å². The molecule has 0 saturated heterocycles. The minimum absolute atomic E-state index is 0.0181. The summed E-state index contributed by atoms with van der Waals surface area (Å²) in [5.41, 5.74) is -3.42. The van der Waals surface area contributed by atoms with Crippen LogP contribution in [0.2, 0.25) is 0 Å². The maximum Gasteiger partial charge on any atom is 0.433 e. The molecule has 3 heterocycles. The number of halogens is 7. The molecule has 1 unspecified atom stereocenters. The molecule has 0 saturated carbocycles. The summed E-state index contributed by atoms with van der Waals surface area (Å²) in [6.07, 6.45) is -8.75. The summed E-state index contributed by atoms with van der Waals surface area (Å²) in [7, 11) is 1.13. The number of nitrogens with zero attached hydrogens (tertiary/aromatic N) is 4. The highest BCUT2D eigenvalue weighted by molar-refractivity contribution is 5.95. The zero-order valence-electron chi connectivity index (χ0n) is 22.3. The van der Waals surface area contributed by atoms with Gasteiger partial charge in [-0.1, -0.05) is 23.4 Å². The minimum atomic E-state index is -5.07. The molecule has 0 bridgehead atoms. The van der Waals surface area contributed by atoms with Gasteiger partial charge >= 0.3 is 24.4 Å². The van der Waals surface area contributed by atoms with Gasteiger partial charge in [-0.2, -0.15) is 26.3 Å². The first-order chi connectivity index (χ1) is 20.7. The second-order valence-corrected chi connectivity index (χ2v) is 9.37. The summed E-state index contributed by atoms with van der Waals surface area (Å²) in [6.45, 7) is -0.754. The molecule has 4 aromatic rings. The highest BCUT2D eigenvalue weighted by Crippen LogP contribution is 2.40. The molecule has 0 radical (unpaired) electrons. The maximum atomic E-state index is 13.5. The van der Waals surface area contributed by atoms with Crippen LogP contribution in [0.5, 0.6) is 5.75 Å². The first-order valence-electron chi connectivity index (χ1n) is 12.5. The van der Waals surface area contributed by atoms with Crippen molar-refractivity contribution in [2.45, 2.75) is 31.5 Å². The van der Waals surface area contributed by atoms with Crippen molar-refractivity contribution in [2.24, 2.45) is 0 Å². The molecule has 2 N–H and O–H groups in total. The van der Waals surface area contributed by atoms with E-state index in [0.29, 0.717) is 17.7 Å². The number of amides is 2. The van der Waals surface area contributed by atoms with Gasteiger partial charge in [0.25, 0.3) is 0 Å². The fourth-order valence-corrected chi connectivity index (χ4v) is 4.51. The summed E-state index contributed by atoms with van der Waals surface area (Å²) < 4.78 is 106. The molecule has 2 aromatic heterocycles. The third-order valence-electron chi connectivity index (χ3n) is 6.44. The lowest BCUT2D eigenvalue weighted by Gasteiger charge is -2.29. The number of esters is 1.